The summed E-state index contributed by atoms with van der Waals surface area (Å²) in [5.74, 6) is -1.20. The average Bonchev–Trinajstić information content (AvgIpc) is 2.83. The molecule has 1 aliphatic rings. The molecule has 1 aliphatic heterocycles. The highest BCUT2D eigenvalue weighted by Crippen LogP contribution is 2.17. The molecule has 100 valence electrons. The van der Waals surface area contributed by atoms with Crippen molar-refractivity contribution in [3.05, 3.63) is 35.9 Å². The lowest BCUT2D eigenvalue weighted by molar-refractivity contribution is -0.143. The van der Waals surface area contributed by atoms with Gasteiger partial charge in [0.05, 0.1) is 6.61 Å². The van der Waals surface area contributed by atoms with Gasteiger partial charge in [0.25, 0.3) is 0 Å². The molecule has 4 nitrogen and oxygen atoms in total. The van der Waals surface area contributed by atoms with Crippen LogP contribution in [-0.2, 0) is 14.3 Å². The van der Waals surface area contributed by atoms with Crippen molar-refractivity contribution < 1.29 is 14.3 Å². The van der Waals surface area contributed by atoms with E-state index in [2.05, 4.69) is 0 Å². The van der Waals surface area contributed by atoms with Gasteiger partial charge in [0, 0.05) is 26.2 Å². The van der Waals surface area contributed by atoms with Crippen LogP contribution < -0.4 is 4.90 Å². The first-order valence-electron chi connectivity index (χ1n) is 6.24. The first-order chi connectivity index (χ1) is 9.08. The number of nitrogens with zero attached hydrogens (tertiary/aromatic N) is 1. The van der Waals surface area contributed by atoms with E-state index in [-0.39, 0.29) is 5.78 Å². The lowest BCUT2D eigenvalue weighted by atomic mass is 10.0. The Labute approximate surface area is 112 Å². The van der Waals surface area contributed by atoms with Crippen LogP contribution >= 0.6 is 0 Å². The van der Waals surface area contributed by atoms with Gasteiger partial charge in [0.15, 0.2) is 5.78 Å². The molecule has 0 amide bonds. The van der Waals surface area contributed by atoms with Gasteiger partial charge < -0.3 is 9.64 Å². The molecular weight excluding hydrogens is 242 g/mol. The van der Waals surface area contributed by atoms with Crippen molar-refractivity contribution in [2.75, 3.05) is 25.6 Å². The summed E-state index contributed by atoms with van der Waals surface area (Å²) in [6, 6.07) is 7.83. The molecule has 0 aliphatic carbocycles. The molecule has 1 aromatic rings. The van der Waals surface area contributed by atoms with Crippen LogP contribution in [0.15, 0.2) is 30.3 Å². The van der Waals surface area contributed by atoms with Gasteiger partial charge in [-0.25, -0.2) is 0 Å². The fourth-order valence-electron chi connectivity index (χ4n) is 1.93. The minimum absolute atomic E-state index is 0.181. The third kappa shape index (κ3) is 3.22. The monoisotopic (exact) mass is 259 g/mol. The summed E-state index contributed by atoms with van der Waals surface area (Å²) < 4.78 is 4.78. The molecule has 1 heterocycles. The van der Waals surface area contributed by atoms with Gasteiger partial charge in [-0.15, -0.1) is 0 Å². The molecule has 0 saturated carbocycles. The van der Waals surface area contributed by atoms with E-state index in [1.54, 1.807) is 6.08 Å². The van der Waals surface area contributed by atoms with Crippen LogP contribution in [-0.4, -0.2) is 32.5 Å². The van der Waals surface area contributed by atoms with Crippen molar-refractivity contribution in [2.24, 2.45) is 5.92 Å². The van der Waals surface area contributed by atoms with Gasteiger partial charge in [-0.05, 0) is 23.8 Å². The molecular formula is C15H17NO3. The second-order valence-electron chi connectivity index (χ2n) is 4.73. The van der Waals surface area contributed by atoms with Crippen molar-refractivity contribution >= 4 is 23.5 Å². The summed E-state index contributed by atoms with van der Waals surface area (Å²) in [5.41, 5.74) is 2.04. The van der Waals surface area contributed by atoms with Crippen LogP contribution in [0.5, 0.6) is 0 Å². The zero-order valence-electron chi connectivity index (χ0n) is 11.1. The highest BCUT2D eigenvalue weighted by molar-refractivity contribution is 6.07. The van der Waals surface area contributed by atoms with E-state index in [9.17, 15) is 9.59 Å². The molecule has 0 bridgehead atoms. The molecule has 1 atom stereocenters. The highest BCUT2D eigenvalue weighted by atomic mass is 16.5. The van der Waals surface area contributed by atoms with Crippen LogP contribution in [0, 0.1) is 5.92 Å². The standard InChI is InChI=1S/C15H17NO3/c1-16(2)12-6-3-11(4-7-12)5-8-14(17)13-9-10-19-15(13)18/h3-8,13H,9-10H2,1-2H3/b8-5+. The molecule has 1 unspecified atom stereocenters. The number of ketones is 1. The molecule has 1 aromatic carbocycles. The van der Waals surface area contributed by atoms with Crippen molar-refractivity contribution in [1.29, 1.82) is 0 Å². The molecule has 1 saturated heterocycles. The van der Waals surface area contributed by atoms with E-state index in [1.807, 2.05) is 43.3 Å². The van der Waals surface area contributed by atoms with E-state index in [1.165, 1.54) is 6.08 Å². The minimum atomic E-state index is -0.614. The molecule has 4 heteroatoms. The van der Waals surface area contributed by atoms with Crippen molar-refractivity contribution in [1.82, 2.24) is 0 Å². The second kappa shape index (κ2) is 5.69. The lowest BCUT2D eigenvalue weighted by Gasteiger charge is -2.11. The normalized spacial score (nSPS) is 18.6. The number of cyclic esters (lactones) is 1. The van der Waals surface area contributed by atoms with Gasteiger partial charge in [-0.3, -0.25) is 9.59 Å². The smallest absolute Gasteiger partial charge is 0.316 e. The summed E-state index contributed by atoms with van der Waals surface area (Å²) in [7, 11) is 3.94. The zero-order chi connectivity index (χ0) is 13.8. The van der Waals surface area contributed by atoms with Gasteiger partial charge in [-0.2, -0.15) is 0 Å². The maximum Gasteiger partial charge on any atom is 0.316 e. The Morgan fingerprint density at radius 1 is 1.32 bits per heavy atom. The Morgan fingerprint density at radius 3 is 2.53 bits per heavy atom. The maximum absolute atomic E-state index is 11.8. The maximum atomic E-state index is 11.8. The molecule has 0 N–H and O–H groups in total. The molecule has 0 spiro atoms. The minimum Gasteiger partial charge on any atom is -0.465 e. The second-order valence-corrected chi connectivity index (χ2v) is 4.73. The Balaban J connectivity index is 2.02. The van der Waals surface area contributed by atoms with E-state index in [0.717, 1.165) is 11.3 Å². The summed E-state index contributed by atoms with van der Waals surface area (Å²) in [6.45, 7) is 0.348. The zero-order valence-corrected chi connectivity index (χ0v) is 11.1. The van der Waals surface area contributed by atoms with Gasteiger partial charge in [-0.1, -0.05) is 18.2 Å². The molecule has 0 radical (unpaired) electrons. The number of esters is 1. The number of carbonyl (C=O) groups is 2. The number of hydrogen-bond donors (Lipinski definition) is 0. The van der Waals surface area contributed by atoms with E-state index >= 15 is 0 Å². The number of ether oxygens (including phenoxy) is 1. The van der Waals surface area contributed by atoms with Crippen molar-refractivity contribution in [3.8, 4) is 0 Å². The number of hydrogen-bond acceptors (Lipinski definition) is 4. The number of allylic oxidation sites excluding steroid dienone is 1. The fraction of sp³-hybridized carbons (Fsp3) is 0.333. The summed E-state index contributed by atoms with van der Waals surface area (Å²) in [6.07, 6.45) is 3.68. The molecule has 0 aromatic heterocycles. The largest absolute Gasteiger partial charge is 0.465 e. The quantitative estimate of drug-likeness (QED) is 0.470. The Bertz CT molecular complexity index is 503. The average molecular weight is 259 g/mol. The Kier molecular flexibility index (Phi) is 4.00. The van der Waals surface area contributed by atoms with Crippen molar-refractivity contribution in [3.63, 3.8) is 0 Å². The SMILES string of the molecule is CN(C)c1ccc(/C=C/C(=O)C2CCOC2=O)cc1. The lowest BCUT2D eigenvalue weighted by Crippen LogP contribution is -2.16. The summed E-state index contributed by atoms with van der Waals surface area (Å²) in [4.78, 5) is 25.1. The van der Waals surface area contributed by atoms with Crippen LogP contribution in [0.4, 0.5) is 5.69 Å². The number of anilines is 1. The Hall–Kier alpha value is -2.10. The van der Waals surface area contributed by atoms with E-state index in [4.69, 9.17) is 4.74 Å². The topological polar surface area (TPSA) is 46.6 Å². The predicted octanol–water partition coefficient (Wildman–Crippen LogP) is 1.90. The first kappa shape index (κ1) is 13.3. The van der Waals surface area contributed by atoms with Gasteiger partial charge >= 0.3 is 5.97 Å². The van der Waals surface area contributed by atoms with Crippen LogP contribution in [0.3, 0.4) is 0 Å². The predicted molar refractivity (Wildman–Crippen MR) is 73.9 cm³/mol. The van der Waals surface area contributed by atoms with E-state index < -0.39 is 11.9 Å². The highest BCUT2D eigenvalue weighted by Gasteiger charge is 2.31. The van der Waals surface area contributed by atoms with Gasteiger partial charge in [0.1, 0.15) is 5.92 Å². The number of carbonyl (C=O) groups excluding carboxylic acids is 2. The fourth-order valence-corrected chi connectivity index (χ4v) is 1.93. The van der Waals surface area contributed by atoms with Crippen LogP contribution in [0.25, 0.3) is 6.08 Å². The summed E-state index contributed by atoms with van der Waals surface area (Å²) >= 11 is 0. The van der Waals surface area contributed by atoms with Crippen LogP contribution in [0.2, 0.25) is 0 Å². The molecule has 1 fully saturated rings. The Morgan fingerprint density at radius 2 is 2.00 bits per heavy atom. The van der Waals surface area contributed by atoms with Crippen LogP contribution in [0.1, 0.15) is 12.0 Å². The van der Waals surface area contributed by atoms with Gasteiger partial charge in [0.2, 0.25) is 0 Å². The van der Waals surface area contributed by atoms with E-state index in [0.29, 0.717) is 13.0 Å². The third-order valence-electron chi connectivity index (χ3n) is 3.13. The summed E-state index contributed by atoms with van der Waals surface area (Å²) in [5, 5.41) is 0. The molecule has 2 rings (SSSR count). The molecule has 19 heavy (non-hydrogen) atoms. The number of benzene rings is 1. The van der Waals surface area contributed by atoms with Crippen molar-refractivity contribution in [2.45, 2.75) is 6.42 Å². The number of rotatable bonds is 4. The third-order valence-corrected chi connectivity index (χ3v) is 3.13. The first-order valence-corrected chi connectivity index (χ1v) is 6.24.